The first-order valence-electron chi connectivity index (χ1n) is 7.12. The molecule has 20 heavy (non-hydrogen) atoms. The summed E-state index contributed by atoms with van der Waals surface area (Å²) in [6.45, 7) is 3.67. The zero-order valence-corrected chi connectivity index (χ0v) is 11.8. The summed E-state index contributed by atoms with van der Waals surface area (Å²) in [5.41, 5.74) is 1.69. The third kappa shape index (κ3) is 3.50. The molecule has 1 fully saturated rings. The third-order valence-corrected chi connectivity index (χ3v) is 3.28. The first kappa shape index (κ1) is 14.4. The van der Waals surface area contributed by atoms with E-state index >= 15 is 0 Å². The Morgan fingerprint density at radius 1 is 1.35 bits per heavy atom. The number of hydrogen-bond acceptors (Lipinski definition) is 3. The first-order chi connectivity index (χ1) is 9.72. The predicted octanol–water partition coefficient (Wildman–Crippen LogP) is 1.75. The molecule has 1 heterocycles. The van der Waals surface area contributed by atoms with E-state index in [1.165, 1.54) is 0 Å². The van der Waals surface area contributed by atoms with Gasteiger partial charge >= 0.3 is 0 Å². The molecule has 1 aliphatic heterocycles. The summed E-state index contributed by atoms with van der Waals surface area (Å²) in [6.07, 6.45) is 2.42. The van der Waals surface area contributed by atoms with E-state index in [0.29, 0.717) is 13.0 Å². The number of nitrogens with zero attached hydrogens (tertiary/aromatic N) is 1. The van der Waals surface area contributed by atoms with Crippen molar-refractivity contribution in [2.24, 2.45) is 0 Å². The van der Waals surface area contributed by atoms with E-state index in [9.17, 15) is 9.59 Å². The molecule has 0 bridgehead atoms. The van der Waals surface area contributed by atoms with Gasteiger partial charge in [-0.2, -0.15) is 0 Å². The second-order valence-corrected chi connectivity index (χ2v) is 4.87. The Balaban J connectivity index is 2.01. The topological polar surface area (TPSA) is 61.4 Å². The average Bonchev–Trinajstić information content (AvgIpc) is 2.89. The molecule has 108 valence electrons. The highest BCUT2D eigenvalue weighted by molar-refractivity contribution is 5.98. The minimum Gasteiger partial charge on any atom is -0.374 e. The highest BCUT2D eigenvalue weighted by Crippen LogP contribution is 2.29. The molecule has 0 aromatic heterocycles. The molecule has 0 aliphatic carbocycles. The monoisotopic (exact) mass is 275 g/mol. The van der Waals surface area contributed by atoms with E-state index in [1.54, 1.807) is 4.90 Å². The van der Waals surface area contributed by atoms with Gasteiger partial charge in [-0.15, -0.1) is 0 Å². The van der Waals surface area contributed by atoms with Crippen LogP contribution >= 0.6 is 0 Å². The van der Waals surface area contributed by atoms with Crippen molar-refractivity contribution >= 4 is 23.2 Å². The van der Waals surface area contributed by atoms with Crippen molar-refractivity contribution in [3.05, 3.63) is 24.3 Å². The van der Waals surface area contributed by atoms with E-state index in [0.717, 1.165) is 30.8 Å². The van der Waals surface area contributed by atoms with Gasteiger partial charge in [0, 0.05) is 19.5 Å². The van der Waals surface area contributed by atoms with Gasteiger partial charge in [-0.25, -0.2) is 0 Å². The molecular weight excluding hydrogens is 254 g/mol. The van der Waals surface area contributed by atoms with Crippen molar-refractivity contribution in [1.82, 2.24) is 5.32 Å². The average molecular weight is 275 g/mol. The molecule has 0 saturated carbocycles. The van der Waals surface area contributed by atoms with Crippen LogP contribution in [0.3, 0.4) is 0 Å². The van der Waals surface area contributed by atoms with Crippen LogP contribution in [0.2, 0.25) is 0 Å². The normalized spacial score (nSPS) is 14.4. The summed E-state index contributed by atoms with van der Waals surface area (Å²) in [6, 6.07) is 7.61. The molecule has 0 atom stereocenters. The molecule has 5 nitrogen and oxygen atoms in total. The Morgan fingerprint density at radius 2 is 2.15 bits per heavy atom. The first-order valence-corrected chi connectivity index (χ1v) is 7.12. The second kappa shape index (κ2) is 6.93. The lowest BCUT2D eigenvalue weighted by molar-refractivity contribution is -0.119. The van der Waals surface area contributed by atoms with Crippen LogP contribution in [-0.4, -0.2) is 31.4 Å². The quantitative estimate of drug-likeness (QED) is 0.831. The summed E-state index contributed by atoms with van der Waals surface area (Å²) in [7, 11) is 0. The standard InChI is InChI=1S/C15H21N3O2/c1-2-9-16-14(19)11-17-12-6-3-4-7-13(12)18-10-5-8-15(18)20/h3-4,6-7,17H,2,5,8-11H2,1H3,(H,16,19). The zero-order valence-electron chi connectivity index (χ0n) is 11.8. The SMILES string of the molecule is CCCNC(=O)CNc1ccccc1N1CCCC1=O. The van der Waals surface area contributed by atoms with Crippen LogP contribution in [0.4, 0.5) is 11.4 Å². The van der Waals surface area contributed by atoms with Crippen molar-refractivity contribution in [2.75, 3.05) is 29.9 Å². The predicted molar refractivity (Wildman–Crippen MR) is 79.8 cm³/mol. The number of nitrogens with one attached hydrogen (secondary N) is 2. The van der Waals surface area contributed by atoms with E-state index < -0.39 is 0 Å². The van der Waals surface area contributed by atoms with Gasteiger partial charge in [0.05, 0.1) is 17.9 Å². The van der Waals surface area contributed by atoms with Gasteiger partial charge in [-0.3, -0.25) is 9.59 Å². The van der Waals surface area contributed by atoms with Crippen molar-refractivity contribution in [2.45, 2.75) is 26.2 Å². The summed E-state index contributed by atoms with van der Waals surface area (Å²) in [5, 5.41) is 5.93. The minimum absolute atomic E-state index is 0.0330. The smallest absolute Gasteiger partial charge is 0.239 e. The number of anilines is 2. The zero-order chi connectivity index (χ0) is 14.4. The molecule has 2 amide bonds. The summed E-state index contributed by atoms with van der Waals surface area (Å²) < 4.78 is 0. The maximum Gasteiger partial charge on any atom is 0.239 e. The van der Waals surface area contributed by atoms with Gasteiger partial charge in [-0.05, 0) is 25.0 Å². The molecule has 1 saturated heterocycles. The molecular formula is C15H21N3O2. The molecule has 5 heteroatoms. The number of rotatable bonds is 6. The number of amides is 2. The van der Waals surface area contributed by atoms with Crippen LogP contribution in [0.1, 0.15) is 26.2 Å². The highest BCUT2D eigenvalue weighted by atomic mass is 16.2. The fourth-order valence-electron chi connectivity index (χ4n) is 2.26. The maximum absolute atomic E-state index is 11.8. The number of carbonyl (C=O) groups excluding carboxylic acids is 2. The second-order valence-electron chi connectivity index (χ2n) is 4.87. The highest BCUT2D eigenvalue weighted by Gasteiger charge is 2.23. The lowest BCUT2D eigenvalue weighted by Gasteiger charge is -2.20. The number of para-hydroxylation sites is 2. The van der Waals surface area contributed by atoms with Gasteiger partial charge < -0.3 is 15.5 Å². The Bertz CT molecular complexity index is 488. The molecule has 1 aromatic rings. The Hall–Kier alpha value is -2.04. The van der Waals surface area contributed by atoms with Crippen molar-refractivity contribution < 1.29 is 9.59 Å². The van der Waals surface area contributed by atoms with Gasteiger partial charge in [0.2, 0.25) is 11.8 Å². The minimum atomic E-state index is -0.0330. The van der Waals surface area contributed by atoms with Gasteiger partial charge in [0.1, 0.15) is 0 Å². The molecule has 1 aromatic carbocycles. The van der Waals surface area contributed by atoms with Crippen molar-refractivity contribution in [3.63, 3.8) is 0 Å². The lowest BCUT2D eigenvalue weighted by atomic mass is 10.2. The van der Waals surface area contributed by atoms with Crippen molar-refractivity contribution in [3.8, 4) is 0 Å². The van der Waals surface area contributed by atoms with Crippen LogP contribution in [0.25, 0.3) is 0 Å². The van der Waals surface area contributed by atoms with Crippen LogP contribution in [0.15, 0.2) is 24.3 Å². The van der Waals surface area contributed by atoms with E-state index in [-0.39, 0.29) is 18.4 Å². The number of benzene rings is 1. The Labute approximate surface area is 119 Å². The molecule has 0 spiro atoms. The molecule has 0 radical (unpaired) electrons. The number of carbonyl (C=O) groups is 2. The third-order valence-electron chi connectivity index (χ3n) is 3.28. The summed E-state index contributed by atoms with van der Waals surface area (Å²) in [4.78, 5) is 25.2. The van der Waals surface area contributed by atoms with E-state index in [1.807, 2.05) is 31.2 Å². The van der Waals surface area contributed by atoms with Crippen LogP contribution < -0.4 is 15.5 Å². The van der Waals surface area contributed by atoms with Crippen LogP contribution in [0.5, 0.6) is 0 Å². The Kier molecular flexibility index (Phi) is 4.98. The van der Waals surface area contributed by atoms with Crippen LogP contribution in [0, 0.1) is 0 Å². The lowest BCUT2D eigenvalue weighted by Crippen LogP contribution is -2.31. The van der Waals surface area contributed by atoms with E-state index in [4.69, 9.17) is 0 Å². The molecule has 2 N–H and O–H groups in total. The number of hydrogen-bond donors (Lipinski definition) is 2. The molecule has 1 aliphatic rings. The summed E-state index contributed by atoms with van der Waals surface area (Å²) in [5.74, 6) is 0.115. The fourth-order valence-corrected chi connectivity index (χ4v) is 2.26. The van der Waals surface area contributed by atoms with Gasteiger partial charge in [0.25, 0.3) is 0 Å². The summed E-state index contributed by atoms with van der Waals surface area (Å²) >= 11 is 0. The molecule has 0 unspecified atom stereocenters. The largest absolute Gasteiger partial charge is 0.374 e. The van der Waals surface area contributed by atoms with Crippen molar-refractivity contribution in [1.29, 1.82) is 0 Å². The fraction of sp³-hybridized carbons (Fsp3) is 0.467. The van der Waals surface area contributed by atoms with E-state index in [2.05, 4.69) is 10.6 Å². The molecule has 2 rings (SSSR count). The maximum atomic E-state index is 11.8. The van der Waals surface area contributed by atoms with Gasteiger partial charge in [0.15, 0.2) is 0 Å². The van der Waals surface area contributed by atoms with Gasteiger partial charge in [-0.1, -0.05) is 19.1 Å². The Morgan fingerprint density at radius 3 is 2.85 bits per heavy atom. The van der Waals surface area contributed by atoms with Crippen LogP contribution in [-0.2, 0) is 9.59 Å².